The number of nitrogens with zero attached hydrogens (tertiary/aromatic N) is 1. The highest BCUT2D eigenvalue weighted by molar-refractivity contribution is 7.90. The summed E-state index contributed by atoms with van der Waals surface area (Å²) in [5.74, 6) is 0.924. The summed E-state index contributed by atoms with van der Waals surface area (Å²) in [4.78, 5) is 15.1. The van der Waals surface area contributed by atoms with Crippen molar-refractivity contribution in [1.82, 2.24) is 9.62 Å². The van der Waals surface area contributed by atoms with E-state index in [2.05, 4.69) is 4.72 Å². The number of hydrogen-bond donors (Lipinski definition) is 1. The highest BCUT2D eigenvalue weighted by Crippen LogP contribution is 2.42. The molecule has 0 radical (unpaired) electrons. The maximum absolute atomic E-state index is 13.3. The van der Waals surface area contributed by atoms with Gasteiger partial charge in [-0.2, -0.15) is 0 Å². The topological polar surface area (TPSA) is 84.9 Å². The Morgan fingerprint density at radius 3 is 2.58 bits per heavy atom. The van der Waals surface area contributed by atoms with E-state index in [1.54, 1.807) is 4.90 Å². The second kappa shape index (κ2) is 9.36. The number of nitrogens with one attached hydrogen (secondary N) is 1. The summed E-state index contributed by atoms with van der Waals surface area (Å²) in [5.41, 5.74) is 2.13. The predicted octanol–water partition coefficient (Wildman–Crippen LogP) is 3.53. The maximum Gasteiger partial charge on any atom is 0.260 e. The molecule has 0 aromatic heterocycles. The zero-order chi connectivity index (χ0) is 23.2. The van der Waals surface area contributed by atoms with Crippen LogP contribution in [0.3, 0.4) is 0 Å². The molecule has 3 heterocycles. The number of hydrogen-bond acceptors (Lipinski definition) is 5. The van der Waals surface area contributed by atoms with Gasteiger partial charge in [-0.15, -0.1) is 0 Å². The van der Waals surface area contributed by atoms with E-state index in [4.69, 9.17) is 21.1 Å². The van der Waals surface area contributed by atoms with Crippen LogP contribution in [0.15, 0.2) is 12.1 Å². The predicted molar refractivity (Wildman–Crippen MR) is 126 cm³/mol. The fourth-order valence-corrected chi connectivity index (χ4v) is 7.49. The zero-order valence-corrected chi connectivity index (χ0v) is 20.7. The van der Waals surface area contributed by atoms with Gasteiger partial charge in [0.2, 0.25) is 10.0 Å². The molecule has 2 aliphatic carbocycles. The Bertz CT molecular complexity index is 1000. The van der Waals surface area contributed by atoms with Gasteiger partial charge in [-0.05, 0) is 81.9 Å². The largest absolute Gasteiger partial charge is 0.483 e. The van der Waals surface area contributed by atoms with Gasteiger partial charge in [-0.3, -0.25) is 4.79 Å². The van der Waals surface area contributed by atoms with Gasteiger partial charge < -0.3 is 14.4 Å². The number of fused-ring (bicyclic) bond motifs is 5. The van der Waals surface area contributed by atoms with E-state index in [-0.39, 0.29) is 36.0 Å². The van der Waals surface area contributed by atoms with Gasteiger partial charge in [0.25, 0.3) is 5.91 Å². The zero-order valence-electron chi connectivity index (χ0n) is 19.1. The lowest BCUT2D eigenvalue weighted by Gasteiger charge is -2.42. The second-order valence-corrected chi connectivity index (χ2v) is 12.3. The molecule has 33 heavy (non-hydrogen) atoms. The van der Waals surface area contributed by atoms with E-state index in [0.717, 1.165) is 49.0 Å². The summed E-state index contributed by atoms with van der Waals surface area (Å²) in [7, 11) is -3.36. The van der Waals surface area contributed by atoms with Crippen LogP contribution < -0.4 is 9.46 Å². The molecule has 2 unspecified atom stereocenters. The van der Waals surface area contributed by atoms with Gasteiger partial charge >= 0.3 is 0 Å². The Kier molecular flexibility index (Phi) is 6.64. The lowest BCUT2D eigenvalue weighted by Crippen LogP contribution is -2.60. The molecule has 2 bridgehead atoms. The highest BCUT2D eigenvalue weighted by Gasteiger charge is 2.42. The first-order valence-corrected chi connectivity index (χ1v) is 14.1. The first kappa shape index (κ1) is 23.4. The smallest absolute Gasteiger partial charge is 0.260 e. The third-order valence-corrected chi connectivity index (χ3v) is 10.1. The minimum Gasteiger partial charge on any atom is -0.483 e. The van der Waals surface area contributed by atoms with Gasteiger partial charge in [0, 0.05) is 23.2 Å². The van der Waals surface area contributed by atoms with Gasteiger partial charge in [0.1, 0.15) is 5.75 Å². The summed E-state index contributed by atoms with van der Waals surface area (Å²) in [6, 6.07) is 3.05. The van der Waals surface area contributed by atoms with Crippen molar-refractivity contribution in [2.75, 3.05) is 19.8 Å². The molecule has 7 nitrogen and oxygen atoms in total. The number of benzene rings is 1. The van der Waals surface area contributed by atoms with E-state index in [1.807, 2.05) is 19.1 Å². The van der Waals surface area contributed by atoms with Gasteiger partial charge in [-0.1, -0.05) is 11.6 Å². The van der Waals surface area contributed by atoms with Crippen LogP contribution in [0.25, 0.3) is 0 Å². The van der Waals surface area contributed by atoms with Gasteiger partial charge in [0.15, 0.2) is 6.61 Å². The molecule has 182 valence electrons. The van der Waals surface area contributed by atoms with Crippen molar-refractivity contribution in [2.24, 2.45) is 0 Å². The number of ether oxygens (including phenoxy) is 2. The molecule has 9 heteroatoms. The molecule has 2 saturated carbocycles. The Morgan fingerprint density at radius 1 is 1.09 bits per heavy atom. The van der Waals surface area contributed by atoms with Crippen LogP contribution in [0.1, 0.15) is 68.4 Å². The average molecular weight is 497 g/mol. The molecule has 0 spiro atoms. The van der Waals surface area contributed by atoms with E-state index >= 15 is 0 Å². The number of sulfonamides is 1. The minimum absolute atomic E-state index is 0.0805. The maximum atomic E-state index is 13.3. The van der Waals surface area contributed by atoms with Crippen molar-refractivity contribution in [2.45, 2.75) is 87.6 Å². The van der Waals surface area contributed by atoms with E-state index in [1.165, 1.54) is 0 Å². The summed E-state index contributed by atoms with van der Waals surface area (Å²) >= 11 is 6.44. The van der Waals surface area contributed by atoms with Crippen molar-refractivity contribution in [3.63, 3.8) is 0 Å². The van der Waals surface area contributed by atoms with Gasteiger partial charge in [-0.25, -0.2) is 13.1 Å². The normalized spacial score (nSPS) is 31.0. The second-order valence-electron chi connectivity index (χ2n) is 9.95. The van der Waals surface area contributed by atoms with Crippen LogP contribution in [-0.2, 0) is 19.6 Å². The monoisotopic (exact) mass is 496 g/mol. The SMILES string of the molecule is Cc1c(Cl)ccc2c1[C@H]1CC[C@H](CC1)OCC1C(NS(=O)(=O)C3CC3)CCCN1C(=O)CO2. The number of amides is 1. The van der Waals surface area contributed by atoms with Crippen LogP contribution in [-0.4, -0.2) is 62.4 Å². The molecule has 3 fully saturated rings. The Balaban J connectivity index is 1.43. The molecule has 1 aromatic carbocycles. The van der Waals surface area contributed by atoms with E-state index < -0.39 is 10.0 Å². The van der Waals surface area contributed by atoms with Crippen molar-refractivity contribution >= 4 is 27.5 Å². The fourth-order valence-electron chi connectivity index (χ4n) is 5.68. The molecule has 1 N–H and O–H groups in total. The Morgan fingerprint density at radius 2 is 1.85 bits per heavy atom. The standard InChI is InChI=1S/C24H33ClN2O5S/c1-15-19(25)10-11-22-24(15)16-4-6-17(7-5-16)31-13-21-20(26-33(29,30)18-8-9-18)3-2-12-27(21)23(28)14-32-22/h10-11,16-18,20-21,26H,2-9,12-14H2,1H3/t16-,17+,20?,21?. The molecule has 1 amide bonds. The van der Waals surface area contributed by atoms with Crippen LogP contribution >= 0.6 is 11.6 Å². The number of halogens is 1. The Labute approximate surface area is 201 Å². The van der Waals surface area contributed by atoms with Crippen molar-refractivity contribution in [3.05, 3.63) is 28.3 Å². The number of piperidine rings is 1. The molecular weight excluding hydrogens is 464 g/mol. The number of carbonyl (C=O) groups is 1. The molecule has 5 aliphatic rings. The van der Waals surface area contributed by atoms with Crippen molar-refractivity contribution in [3.8, 4) is 5.75 Å². The minimum atomic E-state index is -3.36. The first-order chi connectivity index (χ1) is 15.8. The summed E-state index contributed by atoms with van der Waals surface area (Å²) in [6.07, 6.45) is 6.80. The molecule has 6 rings (SSSR count). The van der Waals surface area contributed by atoms with Crippen molar-refractivity contribution < 1.29 is 22.7 Å². The third kappa shape index (κ3) is 4.90. The van der Waals surface area contributed by atoms with Crippen LogP contribution in [0.2, 0.25) is 5.02 Å². The third-order valence-electron chi connectivity index (χ3n) is 7.72. The molecule has 1 aromatic rings. The molecule has 1 saturated heterocycles. The van der Waals surface area contributed by atoms with E-state index in [0.29, 0.717) is 43.4 Å². The van der Waals surface area contributed by atoms with Crippen LogP contribution in [0, 0.1) is 6.92 Å². The lowest BCUT2D eigenvalue weighted by molar-refractivity contribution is -0.140. The number of carbonyl (C=O) groups excluding carboxylic acids is 1. The van der Waals surface area contributed by atoms with Crippen LogP contribution in [0.5, 0.6) is 5.75 Å². The van der Waals surface area contributed by atoms with Crippen LogP contribution in [0.4, 0.5) is 0 Å². The van der Waals surface area contributed by atoms with E-state index in [9.17, 15) is 13.2 Å². The van der Waals surface area contributed by atoms with Crippen molar-refractivity contribution in [1.29, 1.82) is 0 Å². The molecule has 3 aliphatic heterocycles. The molecular formula is C24H33ClN2O5S. The summed E-state index contributed by atoms with van der Waals surface area (Å²) < 4.78 is 40.7. The average Bonchev–Trinajstić information content (AvgIpc) is 3.65. The first-order valence-electron chi connectivity index (χ1n) is 12.2. The summed E-state index contributed by atoms with van der Waals surface area (Å²) in [6.45, 7) is 2.86. The highest BCUT2D eigenvalue weighted by atomic mass is 35.5. The van der Waals surface area contributed by atoms with Gasteiger partial charge in [0.05, 0.1) is 24.0 Å². The molecule has 2 atom stereocenters. The lowest BCUT2D eigenvalue weighted by atomic mass is 9.80. The quantitative estimate of drug-likeness (QED) is 0.692. The summed E-state index contributed by atoms with van der Waals surface area (Å²) in [5, 5.41) is 0.428. The number of rotatable bonds is 3. The fraction of sp³-hybridized carbons (Fsp3) is 0.708. The Hall–Kier alpha value is -1.35.